The fourth-order valence-electron chi connectivity index (χ4n) is 3.07. The van der Waals surface area contributed by atoms with Gasteiger partial charge in [-0.25, -0.2) is 4.79 Å². The van der Waals surface area contributed by atoms with Crippen LogP contribution in [0.5, 0.6) is 0 Å². The summed E-state index contributed by atoms with van der Waals surface area (Å²) in [6.07, 6.45) is 3.45. The predicted molar refractivity (Wildman–Crippen MR) is 131 cm³/mol. The normalized spacial score (nSPS) is 14.5. The number of nitrogens with one attached hydrogen (secondary N) is 3. The lowest BCUT2D eigenvalue weighted by molar-refractivity contribution is -0.142. The average Bonchev–Trinajstić information content (AvgIpc) is 2.74. The Labute approximate surface area is 204 Å². The molecule has 0 saturated carbocycles. The van der Waals surface area contributed by atoms with Crippen LogP contribution in [0.25, 0.3) is 0 Å². The Balaban J connectivity index is 5.41. The van der Waals surface area contributed by atoms with Crippen LogP contribution in [0.2, 0.25) is 0 Å². The summed E-state index contributed by atoms with van der Waals surface area (Å²) in [6, 6.07) is -4.43. The second-order valence-electron chi connectivity index (χ2n) is 8.49. The minimum absolute atomic E-state index is 0.0101. The van der Waals surface area contributed by atoms with Crippen LogP contribution >= 0.6 is 11.8 Å². The Morgan fingerprint density at radius 1 is 0.882 bits per heavy atom. The molecule has 4 unspecified atom stereocenters. The first-order valence-corrected chi connectivity index (χ1v) is 12.7. The van der Waals surface area contributed by atoms with Crippen molar-refractivity contribution < 1.29 is 29.1 Å². The Morgan fingerprint density at radius 3 is 1.94 bits per heavy atom. The van der Waals surface area contributed by atoms with Crippen molar-refractivity contribution in [3.05, 3.63) is 0 Å². The van der Waals surface area contributed by atoms with E-state index in [4.69, 9.17) is 17.2 Å². The van der Waals surface area contributed by atoms with Gasteiger partial charge in [0.1, 0.15) is 18.1 Å². The molecule has 196 valence electrons. The molecule has 0 aliphatic carbocycles. The number of thioether (sulfide) groups is 1. The van der Waals surface area contributed by atoms with Crippen LogP contribution < -0.4 is 33.2 Å². The van der Waals surface area contributed by atoms with E-state index in [1.165, 1.54) is 11.8 Å². The highest BCUT2D eigenvalue weighted by molar-refractivity contribution is 7.98. The van der Waals surface area contributed by atoms with Gasteiger partial charge in [0.15, 0.2) is 0 Å². The first-order valence-electron chi connectivity index (χ1n) is 11.3. The molecule has 0 saturated heterocycles. The van der Waals surface area contributed by atoms with Crippen LogP contribution in [0, 0.1) is 5.92 Å². The largest absolute Gasteiger partial charge is 0.480 e. The molecule has 0 bridgehead atoms. The van der Waals surface area contributed by atoms with Gasteiger partial charge in [-0.2, -0.15) is 11.8 Å². The molecule has 4 amide bonds. The van der Waals surface area contributed by atoms with Crippen molar-refractivity contribution in [2.45, 2.75) is 76.5 Å². The third kappa shape index (κ3) is 13.4. The molecular weight excluding hydrogens is 464 g/mol. The van der Waals surface area contributed by atoms with E-state index in [2.05, 4.69) is 16.0 Å². The van der Waals surface area contributed by atoms with Gasteiger partial charge in [-0.05, 0) is 50.2 Å². The van der Waals surface area contributed by atoms with Gasteiger partial charge in [-0.1, -0.05) is 20.3 Å². The quantitative estimate of drug-likeness (QED) is 0.110. The molecule has 0 aromatic carbocycles. The van der Waals surface area contributed by atoms with Crippen molar-refractivity contribution >= 4 is 41.4 Å². The van der Waals surface area contributed by atoms with Gasteiger partial charge in [0.05, 0.1) is 12.5 Å². The molecule has 0 spiro atoms. The van der Waals surface area contributed by atoms with Gasteiger partial charge in [-0.3, -0.25) is 19.2 Å². The zero-order valence-corrected chi connectivity index (χ0v) is 21.0. The molecule has 0 aromatic heterocycles. The number of hydrogen-bond donors (Lipinski definition) is 7. The van der Waals surface area contributed by atoms with Gasteiger partial charge in [0.25, 0.3) is 0 Å². The minimum Gasteiger partial charge on any atom is -0.480 e. The molecule has 13 heteroatoms. The average molecular weight is 505 g/mol. The van der Waals surface area contributed by atoms with Gasteiger partial charge in [0.2, 0.25) is 23.6 Å². The first kappa shape index (κ1) is 31.6. The number of unbranched alkanes of at least 4 members (excludes halogenated alkanes) is 1. The Kier molecular flexibility index (Phi) is 15.9. The number of nitrogens with two attached hydrogens (primary N) is 3. The van der Waals surface area contributed by atoms with Gasteiger partial charge in [0, 0.05) is 0 Å². The van der Waals surface area contributed by atoms with Crippen molar-refractivity contribution in [3.63, 3.8) is 0 Å². The van der Waals surface area contributed by atoms with E-state index < -0.39 is 60.2 Å². The molecule has 4 atom stereocenters. The van der Waals surface area contributed by atoms with Crippen molar-refractivity contribution in [2.75, 3.05) is 18.6 Å². The molecule has 0 aromatic rings. The summed E-state index contributed by atoms with van der Waals surface area (Å²) in [7, 11) is 0. The summed E-state index contributed by atoms with van der Waals surface area (Å²) < 4.78 is 0. The highest BCUT2D eigenvalue weighted by atomic mass is 32.2. The monoisotopic (exact) mass is 504 g/mol. The first-order chi connectivity index (χ1) is 15.9. The zero-order chi connectivity index (χ0) is 26.3. The summed E-state index contributed by atoms with van der Waals surface area (Å²) in [6.45, 7) is 4.19. The molecule has 10 N–H and O–H groups in total. The molecule has 0 aliphatic rings. The SMILES string of the molecule is CSCCC(NC(=O)C(CC(N)=O)NC(=O)C(CC(C)C)NC(=O)C(N)CCCCN)C(=O)O. The smallest absolute Gasteiger partial charge is 0.326 e. The molecule has 0 aliphatic heterocycles. The van der Waals surface area contributed by atoms with E-state index in [1.54, 1.807) is 6.26 Å². The standard InChI is InChI=1S/C21H40N6O6S/c1-12(2)10-15(26-18(29)13(23)6-4-5-8-22)19(30)27-16(11-17(24)28)20(31)25-14(21(32)33)7-9-34-3/h12-16H,4-11,22-23H2,1-3H3,(H2,24,28)(H,25,31)(H,26,29)(H,27,30)(H,32,33). The predicted octanol–water partition coefficient (Wildman–Crippen LogP) is -1.34. The number of rotatable bonds is 18. The number of carbonyl (C=O) groups excluding carboxylic acids is 4. The van der Waals surface area contributed by atoms with Gasteiger partial charge < -0.3 is 38.3 Å². The second kappa shape index (κ2) is 17.1. The molecular formula is C21H40N6O6S. The highest BCUT2D eigenvalue weighted by Crippen LogP contribution is 2.08. The summed E-state index contributed by atoms with van der Waals surface area (Å²) >= 11 is 1.41. The van der Waals surface area contributed by atoms with E-state index in [0.29, 0.717) is 25.1 Å². The highest BCUT2D eigenvalue weighted by Gasteiger charge is 2.31. The number of carboxylic acid groups (broad SMARTS) is 1. The fourth-order valence-corrected chi connectivity index (χ4v) is 3.54. The maximum Gasteiger partial charge on any atom is 0.326 e. The number of hydrogen-bond acceptors (Lipinski definition) is 8. The summed E-state index contributed by atoms with van der Waals surface area (Å²) in [4.78, 5) is 61.1. The van der Waals surface area contributed by atoms with E-state index in [0.717, 1.165) is 6.42 Å². The van der Waals surface area contributed by atoms with Crippen LogP contribution in [0.3, 0.4) is 0 Å². The molecule has 0 radical (unpaired) electrons. The van der Waals surface area contributed by atoms with E-state index >= 15 is 0 Å². The van der Waals surface area contributed by atoms with Crippen molar-refractivity contribution in [3.8, 4) is 0 Å². The molecule has 12 nitrogen and oxygen atoms in total. The van der Waals surface area contributed by atoms with Crippen molar-refractivity contribution in [2.24, 2.45) is 23.1 Å². The third-order valence-electron chi connectivity index (χ3n) is 4.91. The summed E-state index contributed by atoms with van der Waals surface area (Å²) in [5.74, 6) is -3.67. The molecule has 0 fully saturated rings. The summed E-state index contributed by atoms with van der Waals surface area (Å²) in [5, 5.41) is 16.7. The minimum atomic E-state index is -1.40. The van der Waals surface area contributed by atoms with Gasteiger partial charge in [-0.15, -0.1) is 0 Å². The molecule has 0 rings (SSSR count). The number of aliphatic carboxylic acids is 1. The zero-order valence-electron chi connectivity index (χ0n) is 20.2. The lowest BCUT2D eigenvalue weighted by Gasteiger charge is -2.25. The van der Waals surface area contributed by atoms with Crippen LogP contribution in [0.15, 0.2) is 0 Å². The van der Waals surface area contributed by atoms with Gasteiger partial charge >= 0.3 is 5.97 Å². The number of primary amides is 1. The molecule has 34 heavy (non-hydrogen) atoms. The number of carboxylic acids is 1. The van der Waals surface area contributed by atoms with Crippen LogP contribution in [0.4, 0.5) is 0 Å². The Hall–Kier alpha value is -2.38. The lowest BCUT2D eigenvalue weighted by atomic mass is 10.0. The third-order valence-corrected chi connectivity index (χ3v) is 5.55. The van der Waals surface area contributed by atoms with E-state index in [9.17, 15) is 29.1 Å². The number of amides is 4. The van der Waals surface area contributed by atoms with Crippen LogP contribution in [0.1, 0.15) is 52.4 Å². The van der Waals surface area contributed by atoms with Crippen LogP contribution in [-0.4, -0.2) is 77.4 Å². The van der Waals surface area contributed by atoms with Crippen molar-refractivity contribution in [1.82, 2.24) is 16.0 Å². The van der Waals surface area contributed by atoms with E-state index in [1.807, 2.05) is 13.8 Å². The summed E-state index contributed by atoms with van der Waals surface area (Å²) in [5.41, 5.74) is 16.6. The van der Waals surface area contributed by atoms with E-state index in [-0.39, 0.29) is 18.8 Å². The maximum absolute atomic E-state index is 13.0. The Morgan fingerprint density at radius 2 is 1.44 bits per heavy atom. The number of carbonyl (C=O) groups is 5. The lowest BCUT2D eigenvalue weighted by Crippen LogP contribution is -2.58. The molecule has 0 heterocycles. The fraction of sp³-hybridized carbons (Fsp3) is 0.762. The topological polar surface area (TPSA) is 220 Å². The second-order valence-corrected chi connectivity index (χ2v) is 9.48. The van der Waals surface area contributed by atoms with Crippen LogP contribution in [-0.2, 0) is 24.0 Å². The van der Waals surface area contributed by atoms with Crippen molar-refractivity contribution in [1.29, 1.82) is 0 Å². The maximum atomic E-state index is 13.0. The Bertz CT molecular complexity index is 693.